The Labute approximate surface area is 182 Å². The number of hydrogen-bond donors (Lipinski definition) is 1. The molecule has 0 atom stereocenters. The lowest BCUT2D eigenvalue weighted by Crippen LogP contribution is -2.40. The fourth-order valence-corrected chi connectivity index (χ4v) is 4.61. The highest BCUT2D eigenvalue weighted by molar-refractivity contribution is 7.89. The molecule has 1 N–H and O–H groups in total. The lowest BCUT2D eigenvalue weighted by molar-refractivity contribution is 0.0730. The van der Waals surface area contributed by atoms with Gasteiger partial charge < -0.3 is 14.6 Å². The molecule has 2 heterocycles. The summed E-state index contributed by atoms with van der Waals surface area (Å²) >= 11 is 0. The van der Waals surface area contributed by atoms with Crippen LogP contribution >= 0.6 is 0 Å². The second-order valence-electron chi connectivity index (χ2n) is 7.03. The van der Waals surface area contributed by atoms with Crippen molar-refractivity contribution in [2.45, 2.75) is 11.4 Å². The molecule has 0 saturated carbocycles. The van der Waals surface area contributed by atoms with Crippen LogP contribution in [0.4, 0.5) is 8.78 Å². The first-order valence-electron chi connectivity index (χ1n) is 9.72. The maximum Gasteiger partial charge on any atom is 0.251 e. The summed E-state index contributed by atoms with van der Waals surface area (Å²) in [7, 11) is -3.64. The molecule has 32 heavy (non-hydrogen) atoms. The number of halogens is 2. The molecule has 1 amide bonds. The number of rotatable bonds is 6. The molecule has 0 radical (unpaired) electrons. The van der Waals surface area contributed by atoms with Gasteiger partial charge in [0.2, 0.25) is 10.0 Å². The van der Waals surface area contributed by atoms with Crippen molar-refractivity contribution in [1.29, 1.82) is 0 Å². The van der Waals surface area contributed by atoms with Crippen molar-refractivity contribution in [1.82, 2.24) is 14.8 Å². The van der Waals surface area contributed by atoms with Crippen LogP contribution in [0.2, 0.25) is 0 Å². The maximum atomic E-state index is 13.9. The summed E-state index contributed by atoms with van der Waals surface area (Å²) in [5.74, 6) is -1.84. The summed E-state index contributed by atoms with van der Waals surface area (Å²) in [6.07, 6.45) is 0. The number of amides is 1. The first-order valence-corrected chi connectivity index (χ1v) is 11.2. The third-order valence-electron chi connectivity index (χ3n) is 4.91. The summed E-state index contributed by atoms with van der Waals surface area (Å²) in [6.45, 7) is 1.26. The van der Waals surface area contributed by atoms with Crippen molar-refractivity contribution < 1.29 is 31.3 Å². The number of hydrogen-bond acceptors (Lipinski definition) is 6. The zero-order chi connectivity index (χ0) is 22.7. The third kappa shape index (κ3) is 4.69. The van der Waals surface area contributed by atoms with E-state index in [0.717, 1.165) is 12.1 Å². The van der Waals surface area contributed by atoms with Crippen LogP contribution in [-0.2, 0) is 21.3 Å². The van der Waals surface area contributed by atoms with Crippen LogP contribution < -0.4 is 5.32 Å². The maximum absolute atomic E-state index is 13.9. The van der Waals surface area contributed by atoms with Gasteiger partial charge in [0, 0.05) is 30.8 Å². The molecule has 0 unspecified atom stereocenters. The molecule has 0 spiro atoms. The normalized spacial score (nSPS) is 14.9. The average molecular weight is 463 g/mol. The lowest BCUT2D eigenvalue weighted by atomic mass is 10.1. The number of sulfonamides is 1. The first kappa shape index (κ1) is 22.1. The second kappa shape index (κ2) is 9.15. The molecule has 0 aliphatic carbocycles. The molecule has 1 aliphatic heterocycles. The Morgan fingerprint density at radius 2 is 1.78 bits per heavy atom. The number of carbonyl (C=O) groups is 1. The third-order valence-corrected chi connectivity index (χ3v) is 6.82. The van der Waals surface area contributed by atoms with E-state index in [1.165, 1.54) is 40.7 Å². The van der Waals surface area contributed by atoms with E-state index in [1.54, 1.807) is 0 Å². The van der Waals surface area contributed by atoms with E-state index in [0.29, 0.717) is 18.9 Å². The molecule has 1 fully saturated rings. The van der Waals surface area contributed by atoms with Gasteiger partial charge in [-0.25, -0.2) is 17.2 Å². The van der Waals surface area contributed by atoms with Crippen LogP contribution in [0.3, 0.4) is 0 Å². The predicted octanol–water partition coefficient (Wildman–Crippen LogP) is 2.57. The fraction of sp³-hybridized carbons (Fsp3) is 0.238. The van der Waals surface area contributed by atoms with E-state index in [4.69, 9.17) is 9.26 Å². The monoisotopic (exact) mass is 463 g/mol. The first-order chi connectivity index (χ1) is 15.3. The zero-order valence-electron chi connectivity index (χ0n) is 16.8. The summed E-state index contributed by atoms with van der Waals surface area (Å²) < 4.78 is 63.8. The molecular weight excluding hydrogens is 444 g/mol. The molecule has 1 saturated heterocycles. The number of morpholine rings is 1. The minimum Gasteiger partial charge on any atom is -0.379 e. The Balaban J connectivity index is 1.39. The van der Waals surface area contributed by atoms with Crippen LogP contribution in [0.25, 0.3) is 11.3 Å². The molecule has 2 aromatic carbocycles. The highest BCUT2D eigenvalue weighted by Crippen LogP contribution is 2.24. The van der Waals surface area contributed by atoms with E-state index in [1.807, 2.05) is 0 Å². The number of nitrogens with one attached hydrogen (secondary N) is 1. The smallest absolute Gasteiger partial charge is 0.251 e. The van der Waals surface area contributed by atoms with Crippen LogP contribution in [0.15, 0.2) is 57.9 Å². The Bertz CT molecular complexity index is 1220. The standard InChI is InChI=1S/C21H19F2N3O5S/c22-15-3-6-18(19(23)11-15)20-12-16(25-31-20)13-24-21(27)14-1-4-17(5-2-14)32(28,29)26-7-9-30-10-8-26/h1-6,11-12H,7-10,13H2,(H,24,27). The molecule has 3 aromatic rings. The molecule has 11 heteroatoms. The minimum absolute atomic E-state index is 0.00102. The quantitative estimate of drug-likeness (QED) is 0.603. The molecule has 4 rings (SSSR count). The van der Waals surface area contributed by atoms with E-state index < -0.39 is 27.6 Å². The number of aromatic nitrogens is 1. The van der Waals surface area contributed by atoms with Gasteiger partial charge in [-0.2, -0.15) is 4.31 Å². The number of benzene rings is 2. The van der Waals surface area contributed by atoms with Gasteiger partial charge in [-0.15, -0.1) is 0 Å². The van der Waals surface area contributed by atoms with E-state index in [9.17, 15) is 22.0 Å². The summed E-state index contributed by atoms with van der Waals surface area (Å²) in [5.41, 5.74) is 0.649. The predicted molar refractivity (Wildman–Crippen MR) is 109 cm³/mol. The minimum atomic E-state index is -3.64. The molecule has 8 nitrogen and oxygen atoms in total. The molecule has 168 valence electrons. The Morgan fingerprint density at radius 3 is 2.47 bits per heavy atom. The average Bonchev–Trinajstić information content (AvgIpc) is 3.27. The van der Waals surface area contributed by atoms with Gasteiger partial charge in [-0.3, -0.25) is 4.79 Å². The van der Waals surface area contributed by atoms with Gasteiger partial charge in [0.25, 0.3) is 5.91 Å². The molecule has 1 aromatic heterocycles. The van der Waals surface area contributed by atoms with Gasteiger partial charge in [-0.05, 0) is 36.4 Å². The Morgan fingerprint density at radius 1 is 1.06 bits per heavy atom. The van der Waals surface area contributed by atoms with Gasteiger partial charge in [0.1, 0.15) is 17.3 Å². The van der Waals surface area contributed by atoms with Crippen molar-refractivity contribution in [3.63, 3.8) is 0 Å². The lowest BCUT2D eigenvalue weighted by Gasteiger charge is -2.26. The van der Waals surface area contributed by atoms with Crippen LogP contribution in [0.1, 0.15) is 16.1 Å². The van der Waals surface area contributed by atoms with Gasteiger partial charge in [0.15, 0.2) is 5.76 Å². The van der Waals surface area contributed by atoms with Gasteiger partial charge in [-0.1, -0.05) is 5.16 Å². The molecule has 0 bridgehead atoms. The summed E-state index contributed by atoms with van der Waals surface area (Å²) in [5, 5.41) is 6.41. The zero-order valence-corrected chi connectivity index (χ0v) is 17.6. The van der Waals surface area contributed by atoms with E-state index in [2.05, 4.69) is 10.5 Å². The molecule has 1 aliphatic rings. The number of carbonyl (C=O) groups excluding carboxylic acids is 1. The number of nitrogens with zero attached hydrogens (tertiary/aromatic N) is 2. The van der Waals surface area contributed by atoms with Crippen molar-refractivity contribution in [3.05, 3.63) is 71.4 Å². The Hall–Kier alpha value is -3.15. The van der Waals surface area contributed by atoms with Gasteiger partial charge in [0.05, 0.1) is 30.2 Å². The SMILES string of the molecule is O=C(NCc1cc(-c2ccc(F)cc2F)on1)c1ccc(S(=O)(=O)N2CCOCC2)cc1. The Kier molecular flexibility index (Phi) is 6.31. The van der Waals surface area contributed by atoms with Crippen LogP contribution in [0, 0.1) is 11.6 Å². The summed E-state index contributed by atoms with van der Waals surface area (Å²) in [6, 6.07) is 10.1. The molecular formula is C21H19F2N3O5S. The summed E-state index contributed by atoms with van der Waals surface area (Å²) in [4.78, 5) is 12.5. The highest BCUT2D eigenvalue weighted by Gasteiger charge is 2.26. The van der Waals surface area contributed by atoms with Crippen molar-refractivity contribution in [2.24, 2.45) is 0 Å². The van der Waals surface area contributed by atoms with Crippen LogP contribution in [-0.4, -0.2) is 50.1 Å². The second-order valence-corrected chi connectivity index (χ2v) is 8.97. The number of ether oxygens (including phenoxy) is 1. The highest BCUT2D eigenvalue weighted by atomic mass is 32.2. The van der Waals surface area contributed by atoms with Crippen molar-refractivity contribution in [3.8, 4) is 11.3 Å². The van der Waals surface area contributed by atoms with Gasteiger partial charge >= 0.3 is 0 Å². The van der Waals surface area contributed by atoms with Crippen LogP contribution in [0.5, 0.6) is 0 Å². The van der Waals surface area contributed by atoms with Crippen molar-refractivity contribution >= 4 is 15.9 Å². The topological polar surface area (TPSA) is 102 Å². The van der Waals surface area contributed by atoms with E-state index >= 15 is 0 Å². The van der Waals surface area contributed by atoms with E-state index in [-0.39, 0.29) is 41.4 Å². The largest absolute Gasteiger partial charge is 0.379 e. The fourth-order valence-electron chi connectivity index (χ4n) is 3.20. The van der Waals surface area contributed by atoms with Crippen molar-refractivity contribution in [2.75, 3.05) is 26.3 Å².